The predicted octanol–water partition coefficient (Wildman–Crippen LogP) is 4.67. The van der Waals surface area contributed by atoms with E-state index in [2.05, 4.69) is 6.92 Å². The third kappa shape index (κ3) is 9.56. The van der Waals surface area contributed by atoms with Gasteiger partial charge in [0, 0.05) is 52.0 Å². The molecule has 4 heterocycles. The Kier molecular flexibility index (Phi) is 15.6. The molecule has 2 bridgehead atoms. The van der Waals surface area contributed by atoms with Crippen LogP contribution in [0.1, 0.15) is 112 Å². The van der Waals surface area contributed by atoms with Gasteiger partial charge in [0.15, 0.2) is 0 Å². The van der Waals surface area contributed by atoms with Gasteiger partial charge < -0.3 is 48.6 Å². The second-order valence-electron chi connectivity index (χ2n) is 17.9. The third-order valence-electron chi connectivity index (χ3n) is 13.8. The number of cyclic esters (lactones) is 1. The molecule has 5 rings (SSSR count). The Bertz CT molecular complexity index is 1470. The highest BCUT2D eigenvalue weighted by Crippen LogP contribution is 2.52. The fraction of sp³-hybridized carbons (Fsp3) is 0.841. The number of Topliss-reactive ketones (excluding diaryl/α,β-unsaturated/α-hetero) is 1. The number of allylic oxidation sites excluding steroid dienone is 3. The molecule has 5 aliphatic rings. The van der Waals surface area contributed by atoms with Crippen LogP contribution < -0.4 is 0 Å². The molecule has 3 saturated heterocycles. The number of amides is 1. The molecule has 1 unspecified atom stereocenters. The third-order valence-corrected chi connectivity index (χ3v) is 13.8. The lowest BCUT2D eigenvalue weighted by Gasteiger charge is -2.61. The van der Waals surface area contributed by atoms with E-state index in [0.29, 0.717) is 69.8 Å². The van der Waals surface area contributed by atoms with Crippen LogP contribution >= 0.6 is 0 Å². The largest absolute Gasteiger partial charge is 0.456 e. The lowest BCUT2D eigenvalue weighted by Crippen LogP contribution is -2.81. The van der Waals surface area contributed by atoms with Crippen LogP contribution in [0.2, 0.25) is 0 Å². The second-order valence-corrected chi connectivity index (χ2v) is 17.9. The Labute approximate surface area is 339 Å². The molecule has 1 spiro atoms. The number of aliphatic hydroxyl groups excluding tert-OH is 2. The van der Waals surface area contributed by atoms with E-state index in [1.807, 2.05) is 39.8 Å². The number of esters is 1. The summed E-state index contributed by atoms with van der Waals surface area (Å²) in [5.41, 5.74) is -0.331. The van der Waals surface area contributed by atoms with Gasteiger partial charge in [-0.25, -0.2) is 4.79 Å². The zero-order chi connectivity index (χ0) is 41.8. The fourth-order valence-corrected chi connectivity index (χ4v) is 10.3. The van der Waals surface area contributed by atoms with Crippen molar-refractivity contribution in [2.24, 2.45) is 29.6 Å². The quantitative estimate of drug-likeness (QED) is 0.251. The van der Waals surface area contributed by atoms with Crippen molar-refractivity contribution in [3.8, 4) is 0 Å². The van der Waals surface area contributed by atoms with Crippen molar-refractivity contribution in [1.82, 2.24) is 4.90 Å². The lowest BCUT2D eigenvalue weighted by molar-refractivity contribution is -0.451. The molecule has 1 aliphatic carbocycles. The molecule has 1 amide bonds. The predicted molar refractivity (Wildman–Crippen MR) is 212 cm³/mol. The maximum absolute atomic E-state index is 14.7. The Hall–Kier alpha value is -2.23. The maximum atomic E-state index is 14.7. The first-order chi connectivity index (χ1) is 27.0. The Morgan fingerprint density at radius 1 is 0.930 bits per heavy atom. The second kappa shape index (κ2) is 19.4. The Morgan fingerprint density at radius 3 is 2.25 bits per heavy atom. The molecule has 13 nitrogen and oxygen atoms in total. The minimum Gasteiger partial charge on any atom is -0.456 e. The monoisotopic (exact) mass is 805 g/mol. The van der Waals surface area contributed by atoms with Crippen LogP contribution in [0.4, 0.5) is 0 Å². The average molecular weight is 806 g/mol. The van der Waals surface area contributed by atoms with Gasteiger partial charge in [0.2, 0.25) is 11.4 Å². The molecular formula is C44H71NO12. The summed E-state index contributed by atoms with van der Waals surface area (Å²) in [6.45, 7) is 11.5. The highest BCUT2D eigenvalue weighted by Gasteiger charge is 2.73. The number of carbonyl (C=O) groups excluding carboxylic acids is 3. The molecule has 15 atom stereocenters. The van der Waals surface area contributed by atoms with Crippen molar-refractivity contribution in [1.29, 1.82) is 0 Å². The van der Waals surface area contributed by atoms with Crippen LogP contribution in [0.3, 0.4) is 0 Å². The van der Waals surface area contributed by atoms with Crippen LogP contribution in [0.25, 0.3) is 0 Å². The van der Waals surface area contributed by atoms with E-state index < -0.39 is 83.7 Å². The summed E-state index contributed by atoms with van der Waals surface area (Å²) < 4.78 is 36.8. The van der Waals surface area contributed by atoms with Crippen molar-refractivity contribution >= 4 is 17.7 Å². The van der Waals surface area contributed by atoms with Gasteiger partial charge in [0.05, 0.1) is 37.1 Å². The summed E-state index contributed by atoms with van der Waals surface area (Å²) in [5.74, 6) is -4.45. The molecule has 4 aliphatic heterocycles. The number of piperidine rings is 1. The van der Waals surface area contributed by atoms with Gasteiger partial charge in [-0.05, 0) is 95.5 Å². The molecular weight excluding hydrogens is 734 g/mol. The topological polar surface area (TPSA) is 171 Å². The van der Waals surface area contributed by atoms with Gasteiger partial charge in [-0.3, -0.25) is 9.59 Å². The van der Waals surface area contributed by atoms with E-state index in [-0.39, 0.29) is 43.3 Å². The maximum Gasteiger partial charge on any atom is 0.329 e. The zero-order valence-corrected chi connectivity index (χ0v) is 35.8. The summed E-state index contributed by atoms with van der Waals surface area (Å²) >= 11 is 0. The minimum atomic E-state index is -2.08. The molecule has 4 fully saturated rings. The van der Waals surface area contributed by atoms with E-state index >= 15 is 0 Å². The van der Waals surface area contributed by atoms with Crippen LogP contribution in [-0.2, 0) is 42.8 Å². The molecule has 3 N–H and O–H groups in total. The number of nitrogens with zero attached hydrogens (tertiary/aromatic N) is 1. The fourth-order valence-electron chi connectivity index (χ4n) is 10.3. The summed E-state index contributed by atoms with van der Waals surface area (Å²) in [5, 5.41) is 34.6. The highest BCUT2D eigenvalue weighted by atomic mass is 16.8. The molecule has 0 aromatic carbocycles. The number of hydrogen-bond acceptors (Lipinski definition) is 12. The SMILES string of the molecule is CC[C@@H]1/C=C(/C)C[C@H](C)CC(OC)[C@H]2O[C@@]3(OC[C@@]3(O)C(=O)N3CCCC[C@H]3C(=O)O[C@H](/C(C)=C/[C@@H]3CC[C@@H](O)[C@H](OC)C3)[C@H](C)[C@@H](O)CC1=O)[C@H](C)C[C@@H]2OC. The van der Waals surface area contributed by atoms with Gasteiger partial charge in [0.1, 0.15) is 24.0 Å². The molecule has 0 aromatic rings. The number of methoxy groups -OCH3 is 3. The van der Waals surface area contributed by atoms with Crippen molar-refractivity contribution in [3.63, 3.8) is 0 Å². The molecule has 324 valence electrons. The number of fused-ring (bicyclic) bond motifs is 2. The smallest absolute Gasteiger partial charge is 0.329 e. The minimum absolute atomic E-state index is 0.0293. The zero-order valence-electron chi connectivity index (χ0n) is 35.8. The summed E-state index contributed by atoms with van der Waals surface area (Å²) in [6.07, 6.45) is 5.19. The van der Waals surface area contributed by atoms with E-state index in [0.717, 1.165) is 5.57 Å². The summed E-state index contributed by atoms with van der Waals surface area (Å²) in [6, 6.07) is -1.00. The van der Waals surface area contributed by atoms with Crippen molar-refractivity contribution in [2.45, 2.75) is 172 Å². The average Bonchev–Trinajstić information content (AvgIpc) is 3.19. The molecule has 0 radical (unpaired) electrons. The van der Waals surface area contributed by atoms with Crippen LogP contribution in [0, 0.1) is 29.6 Å². The number of rotatable bonds is 6. The van der Waals surface area contributed by atoms with Gasteiger partial charge in [0.25, 0.3) is 5.91 Å². The first kappa shape index (κ1) is 45.8. The molecule has 0 aromatic heterocycles. The summed E-state index contributed by atoms with van der Waals surface area (Å²) in [4.78, 5) is 44.5. The van der Waals surface area contributed by atoms with Gasteiger partial charge in [-0.15, -0.1) is 0 Å². The number of hydrogen-bond donors (Lipinski definition) is 3. The van der Waals surface area contributed by atoms with Gasteiger partial charge in [-0.1, -0.05) is 45.4 Å². The molecule has 13 heteroatoms. The number of carbonyl (C=O) groups is 3. The van der Waals surface area contributed by atoms with E-state index in [1.165, 1.54) is 4.90 Å². The Morgan fingerprint density at radius 2 is 1.61 bits per heavy atom. The van der Waals surface area contributed by atoms with Gasteiger partial charge >= 0.3 is 5.97 Å². The van der Waals surface area contributed by atoms with Crippen molar-refractivity contribution < 1.29 is 58.1 Å². The van der Waals surface area contributed by atoms with Crippen molar-refractivity contribution in [2.75, 3.05) is 34.5 Å². The number of ketones is 1. The first-order valence-corrected chi connectivity index (χ1v) is 21.4. The van der Waals surface area contributed by atoms with Gasteiger partial charge in [-0.2, -0.15) is 0 Å². The van der Waals surface area contributed by atoms with Crippen molar-refractivity contribution in [3.05, 3.63) is 23.3 Å². The normalized spacial score (nSPS) is 44.4. The molecule has 57 heavy (non-hydrogen) atoms. The lowest BCUT2D eigenvalue weighted by atomic mass is 9.72. The van der Waals surface area contributed by atoms with Crippen LogP contribution in [0.5, 0.6) is 0 Å². The van der Waals surface area contributed by atoms with E-state index in [4.69, 9.17) is 28.4 Å². The number of ether oxygens (including phenoxy) is 6. The standard InChI is InChI=1S/C44H71NO12/c1-10-31-18-25(2)17-26(3)19-37(53-8)40-38(54-9)21-28(5)44(57-40)43(51,24-55-44)42(50)45-16-12-11-13-32(45)41(49)56-39(29(6)34(47)23-35(31)48)27(4)20-30-14-15-33(46)36(22-30)52-7/h18,20,26,28-34,36-40,46-47,51H,10-17,19,21-24H2,1-9H3/b25-18-,27-20+/t26-,28+,29+,30-,31+,32-,33+,34-,36+,37?,38-,39+,40+,43+,44-/m0/s1. The van der Waals surface area contributed by atoms with E-state index in [1.54, 1.807) is 28.3 Å². The van der Waals surface area contributed by atoms with Crippen LogP contribution in [-0.4, -0.2) is 133 Å². The highest BCUT2D eigenvalue weighted by molar-refractivity contribution is 5.92. The number of aliphatic hydroxyl groups is 3. The van der Waals surface area contributed by atoms with Crippen LogP contribution in [0.15, 0.2) is 23.3 Å². The first-order valence-electron chi connectivity index (χ1n) is 21.4. The van der Waals surface area contributed by atoms with E-state index in [9.17, 15) is 29.7 Å². The molecule has 1 saturated carbocycles. The Balaban J connectivity index is 1.54. The summed E-state index contributed by atoms with van der Waals surface area (Å²) in [7, 11) is 4.81.